The van der Waals surface area contributed by atoms with Crippen LogP contribution in [-0.2, 0) is 0 Å². The van der Waals surface area contributed by atoms with E-state index in [2.05, 4.69) is 0 Å². The minimum atomic E-state index is -0.762. The van der Waals surface area contributed by atoms with Crippen LogP contribution >= 0.6 is 34.2 Å². The smallest absolute Gasteiger partial charge is 0.183 e. The minimum absolute atomic E-state index is 0.0515. The molecule has 1 aromatic rings. The molecule has 10 heavy (non-hydrogen) atoms. The van der Waals surface area contributed by atoms with Gasteiger partial charge in [-0.3, -0.25) is 0 Å². The maximum atomic E-state index is 12.5. The molecule has 0 saturated heterocycles. The van der Waals surface area contributed by atoms with E-state index in [1.165, 1.54) is 12.1 Å². The van der Waals surface area contributed by atoms with Crippen LogP contribution in [0.2, 0.25) is 5.02 Å². The van der Waals surface area contributed by atoms with Crippen LogP contribution in [0.3, 0.4) is 0 Å². The predicted octanol–water partition coefficient (Wildman–Crippen LogP) is 2.79. The SMILES string of the molecule is Oc1cc(I)cc(Cl)c1F. The Bertz CT molecular complexity index is 241. The highest BCUT2D eigenvalue weighted by atomic mass is 127. The molecule has 0 atom stereocenters. The molecule has 0 radical (unpaired) electrons. The third-order valence-electron chi connectivity index (χ3n) is 0.974. The van der Waals surface area contributed by atoms with Gasteiger partial charge in [0.25, 0.3) is 0 Å². The van der Waals surface area contributed by atoms with Gasteiger partial charge >= 0.3 is 0 Å². The van der Waals surface area contributed by atoms with Gasteiger partial charge in [0.2, 0.25) is 0 Å². The van der Waals surface area contributed by atoms with Crippen LogP contribution in [0, 0.1) is 9.39 Å². The lowest BCUT2D eigenvalue weighted by Crippen LogP contribution is -1.79. The van der Waals surface area contributed by atoms with E-state index in [0.717, 1.165) is 0 Å². The van der Waals surface area contributed by atoms with Crippen molar-refractivity contribution in [2.45, 2.75) is 0 Å². The van der Waals surface area contributed by atoms with Crippen LogP contribution in [-0.4, -0.2) is 5.11 Å². The highest BCUT2D eigenvalue weighted by Crippen LogP contribution is 2.25. The Kier molecular flexibility index (Phi) is 2.36. The Morgan fingerprint density at radius 3 is 2.60 bits per heavy atom. The molecule has 1 N–H and O–H groups in total. The van der Waals surface area contributed by atoms with E-state index in [-0.39, 0.29) is 5.02 Å². The summed E-state index contributed by atoms with van der Waals surface area (Å²) in [6, 6.07) is 2.75. The van der Waals surface area contributed by atoms with Gasteiger partial charge in [0.1, 0.15) is 0 Å². The number of hydrogen-bond donors (Lipinski definition) is 1. The van der Waals surface area contributed by atoms with Gasteiger partial charge in [-0.2, -0.15) is 0 Å². The van der Waals surface area contributed by atoms with E-state index in [9.17, 15) is 4.39 Å². The molecule has 0 aromatic heterocycles. The fraction of sp³-hybridized carbons (Fsp3) is 0. The monoisotopic (exact) mass is 272 g/mol. The second-order valence-corrected chi connectivity index (χ2v) is 3.37. The standard InChI is InChI=1S/C6H3ClFIO/c7-4-1-3(9)2-5(10)6(4)8/h1-2,10H. The van der Waals surface area contributed by atoms with Crippen molar-refractivity contribution in [3.05, 3.63) is 26.5 Å². The third kappa shape index (κ3) is 1.52. The van der Waals surface area contributed by atoms with Crippen LogP contribution in [0.5, 0.6) is 5.75 Å². The van der Waals surface area contributed by atoms with E-state index in [4.69, 9.17) is 16.7 Å². The molecule has 0 saturated carbocycles. The van der Waals surface area contributed by atoms with Gasteiger partial charge < -0.3 is 5.11 Å². The molecule has 0 aliphatic carbocycles. The van der Waals surface area contributed by atoms with E-state index in [1.54, 1.807) is 0 Å². The molecule has 0 aliphatic rings. The molecule has 0 bridgehead atoms. The van der Waals surface area contributed by atoms with E-state index >= 15 is 0 Å². The minimum Gasteiger partial charge on any atom is -0.505 e. The molecular weight excluding hydrogens is 269 g/mol. The van der Waals surface area contributed by atoms with Crippen molar-refractivity contribution in [2.75, 3.05) is 0 Å². The zero-order chi connectivity index (χ0) is 7.72. The van der Waals surface area contributed by atoms with Gasteiger partial charge in [0, 0.05) is 3.57 Å². The molecule has 54 valence electrons. The summed E-state index contributed by atoms with van der Waals surface area (Å²) in [5, 5.41) is 8.77. The Hall–Kier alpha value is -0.0300. The van der Waals surface area contributed by atoms with Crippen molar-refractivity contribution in [3.63, 3.8) is 0 Å². The van der Waals surface area contributed by atoms with Crippen molar-refractivity contribution < 1.29 is 9.50 Å². The molecule has 0 spiro atoms. The van der Waals surface area contributed by atoms with Crippen LogP contribution in [0.25, 0.3) is 0 Å². The summed E-state index contributed by atoms with van der Waals surface area (Å²) in [5.41, 5.74) is 0. The maximum absolute atomic E-state index is 12.5. The summed E-state index contributed by atoms with van der Waals surface area (Å²) in [5.74, 6) is -1.17. The lowest BCUT2D eigenvalue weighted by molar-refractivity contribution is 0.432. The number of phenolic OH excluding ortho intramolecular Hbond substituents is 1. The predicted molar refractivity (Wildman–Crippen MR) is 45.8 cm³/mol. The molecule has 1 aromatic carbocycles. The van der Waals surface area contributed by atoms with Gasteiger partial charge in [-0.05, 0) is 34.7 Å². The third-order valence-corrected chi connectivity index (χ3v) is 1.87. The summed E-state index contributed by atoms with van der Waals surface area (Å²) in [6.45, 7) is 0. The molecule has 1 rings (SSSR count). The molecule has 1 nitrogen and oxygen atoms in total. The first kappa shape index (κ1) is 8.07. The Morgan fingerprint density at radius 1 is 1.50 bits per heavy atom. The summed E-state index contributed by atoms with van der Waals surface area (Å²) in [4.78, 5) is 0. The molecule has 0 amide bonds. The van der Waals surface area contributed by atoms with Gasteiger partial charge in [0.15, 0.2) is 11.6 Å². The van der Waals surface area contributed by atoms with Crippen molar-refractivity contribution >= 4 is 34.2 Å². The molecule has 0 aliphatic heterocycles. The fourth-order valence-corrected chi connectivity index (χ4v) is 1.55. The van der Waals surface area contributed by atoms with E-state index < -0.39 is 11.6 Å². The van der Waals surface area contributed by atoms with Gasteiger partial charge in [0.05, 0.1) is 5.02 Å². The van der Waals surface area contributed by atoms with Crippen LogP contribution < -0.4 is 0 Å². The van der Waals surface area contributed by atoms with Crippen molar-refractivity contribution in [1.82, 2.24) is 0 Å². The van der Waals surface area contributed by atoms with Gasteiger partial charge in [-0.25, -0.2) is 4.39 Å². The summed E-state index contributed by atoms with van der Waals surface area (Å²) < 4.78 is 13.2. The molecule has 0 heterocycles. The number of benzene rings is 1. The highest BCUT2D eigenvalue weighted by molar-refractivity contribution is 14.1. The number of rotatable bonds is 0. The first-order chi connectivity index (χ1) is 4.61. The quantitative estimate of drug-likeness (QED) is 0.569. The molecule has 0 unspecified atom stereocenters. The normalized spacial score (nSPS) is 9.90. The Balaban J connectivity index is 3.31. The number of halogens is 3. The Morgan fingerprint density at radius 2 is 2.10 bits per heavy atom. The number of hydrogen-bond acceptors (Lipinski definition) is 1. The zero-order valence-corrected chi connectivity index (χ0v) is 7.65. The molecule has 0 fully saturated rings. The second-order valence-electron chi connectivity index (χ2n) is 1.72. The average molecular weight is 272 g/mol. The average Bonchev–Trinajstić information content (AvgIpc) is 1.82. The Labute approximate surface area is 76.0 Å². The summed E-state index contributed by atoms with van der Waals surface area (Å²) in [6.07, 6.45) is 0. The molecular formula is C6H3ClFIO. The van der Waals surface area contributed by atoms with Crippen molar-refractivity contribution in [1.29, 1.82) is 0 Å². The number of phenols is 1. The van der Waals surface area contributed by atoms with Gasteiger partial charge in [-0.15, -0.1) is 0 Å². The van der Waals surface area contributed by atoms with E-state index in [1.807, 2.05) is 22.6 Å². The first-order valence-electron chi connectivity index (χ1n) is 2.45. The van der Waals surface area contributed by atoms with Crippen LogP contribution in [0.1, 0.15) is 0 Å². The lowest BCUT2D eigenvalue weighted by atomic mass is 10.3. The maximum Gasteiger partial charge on any atom is 0.183 e. The summed E-state index contributed by atoms with van der Waals surface area (Å²) >= 11 is 7.32. The second kappa shape index (κ2) is 2.92. The summed E-state index contributed by atoms with van der Waals surface area (Å²) in [7, 11) is 0. The molecule has 4 heteroatoms. The first-order valence-corrected chi connectivity index (χ1v) is 3.90. The van der Waals surface area contributed by atoms with Crippen molar-refractivity contribution in [2.24, 2.45) is 0 Å². The lowest BCUT2D eigenvalue weighted by Gasteiger charge is -1.97. The van der Waals surface area contributed by atoms with Crippen LogP contribution in [0.4, 0.5) is 4.39 Å². The highest BCUT2D eigenvalue weighted by Gasteiger charge is 2.05. The largest absolute Gasteiger partial charge is 0.505 e. The number of aromatic hydroxyl groups is 1. The van der Waals surface area contributed by atoms with E-state index in [0.29, 0.717) is 3.57 Å². The van der Waals surface area contributed by atoms with Crippen molar-refractivity contribution in [3.8, 4) is 5.75 Å². The fourth-order valence-electron chi connectivity index (χ4n) is 0.542. The zero-order valence-electron chi connectivity index (χ0n) is 4.74. The van der Waals surface area contributed by atoms with Crippen LogP contribution in [0.15, 0.2) is 12.1 Å². The topological polar surface area (TPSA) is 20.2 Å². The van der Waals surface area contributed by atoms with Gasteiger partial charge in [-0.1, -0.05) is 11.6 Å².